The molecule has 1 atom stereocenters. The number of hydrogen-bond acceptors (Lipinski definition) is 5. The minimum atomic E-state index is -0.534. The maximum Gasteiger partial charge on any atom is 0.246 e. The summed E-state index contributed by atoms with van der Waals surface area (Å²) in [7, 11) is 1.65. The van der Waals surface area contributed by atoms with Gasteiger partial charge in [-0.2, -0.15) is 4.98 Å². The summed E-state index contributed by atoms with van der Waals surface area (Å²) in [4.78, 5) is 4.41. The van der Waals surface area contributed by atoms with Gasteiger partial charge in [-0.25, -0.2) is 0 Å². The number of methoxy groups -OCH3 is 1. The lowest BCUT2D eigenvalue weighted by Gasteiger charge is -2.23. The highest BCUT2D eigenvalue weighted by atomic mass is 16.5. The van der Waals surface area contributed by atoms with E-state index in [1.165, 1.54) is 0 Å². The van der Waals surface area contributed by atoms with E-state index in [1.54, 1.807) is 7.11 Å². The van der Waals surface area contributed by atoms with Crippen molar-refractivity contribution in [1.29, 1.82) is 0 Å². The fourth-order valence-electron chi connectivity index (χ4n) is 1.59. The second-order valence-electron chi connectivity index (χ2n) is 4.57. The lowest BCUT2D eigenvalue weighted by atomic mass is 9.94. The first-order chi connectivity index (χ1) is 7.95. The Morgan fingerprint density at radius 3 is 2.24 bits per heavy atom. The molecule has 0 aliphatic heterocycles. The normalized spacial score (nSPS) is 15.9. The fourth-order valence-corrected chi connectivity index (χ4v) is 1.59. The lowest BCUT2D eigenvalue weighted by molar-refractivity contribution is -0.0106. The van der Waals surface area contributed by atoms with Crippen LogP contribution in [-0.4, -0.2) is 17.3 Å². The third kappa shape index (κ3) is 2.50. The summed E-state index contributed by atoms with van der Waals surface area (Å²) in [6.45, 7) is 8.00. The zero-order valence-corrected chi connectivity index (χ0v) is 11.4. The second kappa shape index (κ2) is 5.14. The molecule has 0 aliphatic rings. The molecule has 0 saturated heterocycles. The van der Waals surface area contributed by atoms with Crippen LogP contribution < -0.4 is 5.73 Å². The van der Waals surface area contributed by atoms with Gasteiger partial charge in [0.05, 0.1) is 5.54 Å². The van der Waals surface area contributed by atoms with Crippen molar-refractivity contribution in [3.8, 4) is 0 Å². The Kier molecular flexibility index (Phi) is 4.27. The van der Waals surface area contributed by atoms with E-state index >= 15 is 0 Å². The van der Waals surface area contributed by atoms with Crippen molar-refractivity contribution >= 4 is 0 Å². The van der Waals surface area contributed by atoms with Gasteiger partial charge in [0.1, 0.15) is 5.60 Å². The molecule has 1 heterocycles. The Hall–Kier alpha value is -0.940. The van der Waals surface area contributed by atoms with E-state index in [-0.39, 0.29) is 0 Å². The number of nitrogens with zero attached hydrogens (tertiary/aromatic N) is 2. The molecule has 0 spiro atoms. The van der Waals surface area contributed by atoms with Crippen LogP contribution in [0.1, 0.15) is 58.7 Å². The molecular formula is C12H23N3O2. The third-order valence-electron chi connectivity index (χ3n) is 3.71. The molecule has 1 aromatic heterocycles. The van der Waals surface area contributed by atoms with E-state index in [0.29, 0.717) is 11.7 Å². The van der Waals surface area contributed by atoms with E-state index in [9.17, 15) is 0 Å². The molecule has 0 radical (unpaired) electrons. The van der Waals surface area contributed by atoms with Gasteiger partial charge < -0.3 is 15.0 Å². The number of rotatable bonds is 6. The van der Waals surface area contributed by atoms with E-state index < -0.39 is 11.1 Å². The summed E-state index contributed by atoms with van der Waals surface area (Å²) in [6.07, 6.45) is 2.31. The number of aromatic nitrogens is 2. The third-order valence-corrected chi connectivity index (χ3v) is 3.71. The summed E-state index contributed by atoms with van der Waals surface area (Å²) in [5.41, 5.74) is 5.18. The summed E-state index contributed by atoms with van der Waals surface area (Å²) in [6, 6.07) is 0. The van der Waals surface area contributed by atoms with Gasteiger partial charge in [-0.1, -0.05) is 25.9 Å². The van der Waals surface area contributed by atoms with E-state index in [1.807, 2.05) is 27.7 Å². The van der Waals surface area contributed by atoms with Crippen molar-refractivity contribution in [1.82, 2.24) is 10.1 Å². The van der Waals surface area contributed by atoms with E-state index in [0.717, 1.165) is 19.3 Å². The Bertz CT molecular complexity index is 322. The van der Waals surface area contributed by atoms with Crippen LogP contribution >= 0.6 is 0 Å². The predicted molar refractivity (Wildman–Crippen MR) is 65.4 cm³/mol. The molecule has 1 unspecified atom stereocenters. The monoisotopic (exact) mass is 241 g/mol. The molecule has 98 valence electrons. The lowest BCUT2D eigenvalue weighted by Crippen LogP contribution is -2.35. The Morgan fingerprint density at radius 2 is 1.82 bits per heavy atom. The van der Waals surface area contributed by atoms with Gasteiger partial charge in [-0.05, 0) is 26.2 Å². The average Bonchev–Trinajstić information content (AvgIpc) is 2.87. The van der Waals surface area contributed by atoms with Gasteiger partial charge in [0.15, 0.2) is 0 Å². The van der Waals surface area contributed by atoms with Crippen molar-refractivity contribution < 1.29 is 9.26 Å². The Labute approximate surface area is 103 Å². The van der Waals surface area contributed by atoms with Crippen LogP contribution in [0.2, 0.25) is 0 Å². The highest BCUT2D eigenvalue weighted by Crippen LogP contribution is 2.29. The number of nitrogens with two attached hydrogens (primary N) is 1. The van der Waals surface area contributed by atoms with E-state index in [2.05, 4.69) is 10.1 Å². The predicted octanol–water partition coefficient (Wildman–Crippen LogP) is 2.32. The fraction of sp³-hybridized carbons (Fsp3) is 0.833. The molecule has 1 rings (SSSR count). The maximum atomic E-state index is 6.22. The van der Waals surface area contributed by atoms with Crippen LogP contribution in [0.15, 0.2) is 4.52 Å². The van der Waals surface area contributed by atoms with Gasteiger partial charge in [0.2, 0.25) is 11.7 Å². The standard InChI is InChI=1S/C12H23N3O2/c1-6-11(4,16-5)9-14-10(17-15-9)12(13,7-2)8-3/h6-8,13H2,1-5H3. The molecule has 5 heteroatoms. The first-order valence-electron chi connectivity index (χ1n) is 6.14. The van der Waals surface area contributed by atoms with Crippen LogP contribution in [0, 0.1) is 0 Å². The molecular weight excluding hydrogens is 218 g/mol. The summed E-state index contributed by atoms with van der Waals surface area (Å²) >= 11 is 0. The summed E-state index contributed by atoms with van der Waals surface area (Å²) < 4.78 is 10.7. The molecule has 17 heavy (non-hydrogen) atoms. The first-order valence-corrected chi connectivity index (χ1v) is 6.14. The van der Waals surface area contributed by atoms with Crippen molar-refractivity contribution in [3.05, 3.63) is 11.7 Å². The minimum absolute atomic E-state index is 0.495. The van der Waals surface area contributed by atoms with Crippen LogP contribution in [0.5, 0.6) is 0 Å². The molecule has 0 aromatic carbocycles. The molecule has 0 saturated carbocycles. The quantitative estimate of drug-likeness (QED) is 0.827. The van der Waals surface area contributed by atoms with Crippen LogP contribution in [0.3, 0.4) is 0 Å². The summed E-state index contributed by atoms with van der Waals surface area (Å²) in [5.74, 6) is 1.06. The van der Waals surface area contributed by atoms with Gasteiger partial charge in [0, 0.05) is 7.11 Å². The van der Waals surface area contributed by atoms with Crippen LogP contribution in [-0.2, 0) is 15.9 Å². The smallest absolute Gasteiger partial charge is 0.246 e. The minimum Gasteiger partial charge on any atom is -0.370 e. The zero-order valence-electron chi connectivity index (χ0n) is 11.4. The van der Waals surface area contributed by atoms with Crippen LogP contribution in [0.25, 0.3) is 0 Å². The van der Waals surface area contributed by atoms with Crippen LogP contribution in [0.4, 0.5) is 0 Å². The molecule has 5 nitrogen and oxygen atoms in total. The van der Waals surface area contributed by atoms with Gasteiger partial charge in [-0.3, -0.25) is 0 Å². The van der Waals surface area contributed by atoms with Gasteiger partial charge in [0.25, 0.3) is 0 Å². The Morgan fingerprint density at radius 1 is 1.24 bits per heavy atom. The molecule has 1 aromatic rings. The highest BCUT2D eigenvalue weighted by molar-refractivity contribution is 5.05. The molecule has 0 amide bonds. The van der Waals surface area contributed by atoms with E-state index in [4.69, 9.17) is 15.0 Å². The number of ether oxygens (including phenoxy) is 1. The maximum absolute atomic E-state index is 6.22. The molecule has 0 bridgehead atoms. The average molecular weight is 241 g/mol. The Balaban J connectivity index is 3.07. The summed E-state index contributed by atoms with van der Waals surface area (Å²) in [5, 5.41) is 4.00. The van der Waals surface area contributed by atoms with Crippen molar-refractivity contribution in [2.45, 2.75) is 58.1 Å². The first kappa shape index (κ1) is 14.1. The highest BCUT2D eigenvalue weighted by Gasteiger charge is 2.35. The number of hydrogen-bond donors (Lipinski definition) is 1. The van der Waals surface area contributed by atoms with Crippen molar-refractivity contribution in [3.63, 3.8) is 0 Å². The van der Waals surface area contributed by atoms with Crippen molar-refractivity contribution in [2.75, 3.05) is 7.11 Å². The molecule has 2 N–H and O–H groups in total. The second-order valence-corrected chi connectivity index (χ2v) is 4.57. The molecule has 0 fully saturated rings. The van der Waals surface area contributed by atoms with Gasteiger partial charge in [-0.15, -0.1) is 0 Å². The van der Waals surface area contributed by atoms with Gasteiger partial charge >= 0.3 is 0 Å². The molecule has 0 aliphatic carbocycles. The van der Waals surface area contributed by atoms with Crippen molar-refractivity contribution in [2.24, 2.45) is 5.73 Å². The largest absolute Gasteiger partial charge is 0.370 e. The SMILES string of the molecule is CCC(N)(CC)c1nc(C(C)(CC)OC)no1. The topological polar surface area (TPSA) is 74.2 Å². The zero-order chi connectivity index (χ0) is 13.1.